The van der Waals surface area contributed by atoms with Crippen molar-refractivity contribution in [2.45, 2.75) is 36.7 Å². The molecule has 3 heterocycles. The predicted molar refractivity (Wildman–Crippen MR) is 114 cm³/mol. The lowest BCUT2D eigenvalue weighted by Crippen LogP contribution is -2.22. The molecule has 156 valence electrons. The summed E-state index contributed by atoms with van der Waals surface area (Å²) >= 11 is 1.43. The third kappa shape index (κ3) is 3.34. The van der Waals surface area contributed by atoms with E-state index in [4.69, 9.17) is 19.0 Å². The summed E-state index contributed by atoms with van der Waals surface area (Å²) in [6.07, 6.45) is 1.95. The minimum Gasteiger partial charge on any atom is -0.454 e. The Kier molecular flexibility index (Phi) is 4.24. The summed E-state index contributed by atoms with van der Waals surface area (Å²) in [4.78, 5) is 22.5. The molecule has 0 saturated heterocycles. The second-order valence-corrected chi connectivity index (χ2v) is 8.64. The van der Waals surface area contributed by atoms with Crippen LogP contribution >= 0.6 is 11.8 Å². The normalized spacial score (nSPS) is 15.0. The van der Waals surface area contributed by atoms with Gasteiger partial charge in [-0.1, -0.05) is 40.7 Å². The molecule has 6 rings (SSSR count). The lowest BCUT2D eigenvalue weighted by molar-refractivity contribution is 0.174. The molecular weight excluding hydrogens is 416 g/mol. The van der Waals surface area contributed by atoms with Crippen LogP contribution in [0.15, 0.2) is 50.9 Å². The van der Waals surface area contributed by atoms with Crippen molar-refractivity contribution < 1.29 is 14.0 Å². The van der Waals surface area contributed by atoms with E-state index in [1.54, 1.807) is 16.7 Å². The molecular formula is C22H18N4O4S. The molecule has 2 aromatic heterocycles. The highest BCUT2D eigenvalue weighted by atomic mass is 32.2. The first-order valence-electron chi connectivity index (χ1n) is 10.0. The van der Waals surface area contributed by atoms with Crippen LogP contribution in [0.25, 0.3) is 22.3 Å². The number of aryl methyl sites for hydroxylation is 1. The number of nitrogens with zero attached hydrogens (tertiary/aromatic N) is 4. The molecule has 8 nitrogen and oxygen atoms in total. The summed E-state index contributed by atoms with van der Waals surface area (Å²) in [5.41, 5.74) is 2.58. The molecule has 0 atom stereocenters. The number of hydrogen-bond donors (Lipinski definition) is 0. The predicted octanol–water partition coefficient (Wildman–Crippen LogP) is 4.11. The first kappa shape index (κ1) is 18.4. The Morgan fingerprint density at radius 2 is 1.97 bits per heavy atom. The average molecular weight is 434 g/mol. The quantitative estimate of drug-likeness (QED) is 0.342. The van der Waals surface area contributed by atoms with Crippen LogP contribution in [0, 0.1) is 6.92 Å². The van der Waals surface area contributed by atoms with Gasteiger partial charge in [-0.2, -0.15) is 4.98 Å². The third-order valence-electron chi connectivity index (χ3n) is 5.34. The summed E-state index contributed by atoms with van der Waals surface area (Å²) in [6.45, 7) is 2.18. The van der Waals surface area contributed by atoms with Crippen LogP contribution in [0.4, 0.5) is 0 Å². The van der Waals surface area contributed by atoms with Gasteiger partial charge in [0.1, 0.15) is 0 Å². The second kappa shape index (κ2) is 7.12. The van der Waals surface area contributed by atoms with Crippen LogP contribution in [0.1, 0.15) is 30.3 Å². The first-order chi connectivity index (χ1) is 15.2. The average Bonchev–Trinajstić information content (AvgIpc) is 3.30. The van der Waals surface area contributed by atoms with E-state index in [9.17, 15) is 4.79 Å². The van der Waals surface area contributed by atoms with Crippen LogP contribution < -0.4 is 15.0 Å². The van der Waals surface area contributed by atoms with Gasteiger partial charge in [-0.15, -0.1) is 0 Å². The van der Waals surface area contributed by atoms with E-state index in [1.807, 2.05) is 31.2 Å². The molecule has 0 bridgehead atoms. The van der Waals surface area contributed by atoms with E-state index in [1.165, 1.54) is 11.8 Å². The topological polar surface area (TPSA) is 92.3 Å². The van der Waals surface area contributed by atoms with Gasteiger partial charge in [0.05, 0.1) is 16.7 Å². The van der Waals surface area contributed by atoms with E-state index in [-0.39, 0.29) is 18.4 Å². The van der Waals surface area contributed by atoms with E-state index >= 15 is 0 Å². The molecule has 1 aliphatic carbocycles. The minimum absolute atomic E-state index is 0.0562. The van der Waals surface area contributed by atoms with Crippen molar-refractivity contribution >= 4 is 22.7 Å². The van der Waals surface area contributed by atoms with Gasteiger partial charge in [-0.3, -0.25) is 9.36 Å². The number of aromatic nitrogens is 4. The summed E-state index contributed by atoms with van der Waals surface area (Å²) in [7, 11) is 0. The van der Waals surface area contributed by atoms with Gasteiger partial charge in [0.15, 0.2) is 16.7 Å². The minimum atomic E-state index is -0.0562. The van der Waals surface area contributed by atoms with Crippen LogP contribution in [0.3, 0.4) is 0 Å². The van der Waals surface area contributed by atoms with Crippen molar-refractivity contribution in [1.29, 1.82) is 0 Å². The molecule has 0 amide bonds. The highest BCUT2D eigenvalue weighted by molar-refractivity contribution is 7.98. The van der Waals surface area contributed by atoms with E-state index in [0.717, 1.165) is 24.0 Å². The fourth-order valence-corrected chi connectivity index (χ4v) is 4.57. The molecule has 1 fully saturated rings. The Morgan fingerprint density at radius 1 is 1.13 bits per heavy atom. The van der Waals surface area contributed by atoms with Gasteiger partial charge in [0, 0.05) is 17.7 Å². The number of benzene rings is 2. The maximum absolute atomic E-state index is 13.2. The highest BCUT2D eigenvalue weighted by Crippen LogP contribution is 2.39. The van der Waals surface area contributed by atoms with Crippen molar-refractivity contribution in [3.05, 3.63) is 58.2 Å². The molecule has 9 heteroatoms. The first-order valence-corrected chi connectivity index (χ1v) is 11.0. The highest BCUT2D eigenvalue weighted by Gasteiger charge is 2.29. The number of ether oxygens (including phenoxy) is 2. The Bertz CT molecular complexity index is 1380. The Balaban J connectivity index is 1.33. The standard InChI is InChI=1S/C22H18N4O4S/c1-12-3-2-4-13(7-12)20-24-19(30-25-20)10-31-22-23-16-9-18-17(28-11-29-18)8-15(16)21(27)26(22)14-5-6-14/h2-4,7-9,14H,5-6,10-11H2,1H3. The summed E-state index contributed by atoms with van der Waals surface area (Å²) in [5, 5.41) is 5.29. The molecule has 1 aliphatic heterocycles. The smallest absolute Gasteiger partial charge is 0.262 e. The summed E-state index contributed by atoms with van der Waals surface area (Å²) in [6, 6.07) is 11.6. The van der Waals surface area contributed by atoms with Gasteiger partial charge in [0.25, 0.3) is 5.56 Å². The monoisotopic (exact) mass is 434 g/mol. The molecule has 4 aromatic rings. The van der Waals surface area contributed by atoms with Crippen LogP contribution in [0.5, 0.6) is 11.5 Å². The van der Waals surface area contributed by atoms with Gasteiger partial charge in [0.2, 0.25) is 18.5 Å². The van der Waals surface area contributed by atoms with E-state index in [0.29, 0.717) is 45.0 Å². The van der Waals surface area contributed by atoms with Crippen molar-refractivity contribution in [1.82, 2.24) is 19.7 Å². The SMILES string of the molecule is Cc1cccc(-c2noc(CSc3nc4cc5c(cc4c(=O)n3C3CC3)OCO5)n2)c1. The van der Waals surface area contributed by atoms with Crippen LogP contribution in [-0.2, 0) is 5.75 Å². The van der Waals surface area contributed by atoms with Gasteiger partial charge >= 0.3 is 0 Å². The molecule has 0 unspecified atom stereocenters. The lowest BCUT2D eigenvalue weighted by atomic mass is 10.1. The van der Waals surface area contributed by atoms with Crippen molar-refractivity contribution in [3.8, 4) is 22.9 Å². The van der Waals surface area contributed by atoms with Crippen molar-refractivity contribution in [3.63, 3.8) is 0 Å². The number of fused-ring (bicyclic) bond motifs is 2. The molecule has 31 heavy (non-hydrogen) atoms. The zero-order valence-corrected chi connectivity index (χ0v) is 17.5. The van der Waals surface area contributed by atoms with Gasteiger partial charge in [-0.25, -0.2) is 4.98 Å². The third-order valence-corrected chi connectivity index (χ3v) is 6.28. The molecule has 2 aliphatic rings. The van der Waals surface area contributed by atoms with E-state index in [2.05, 4.69) is 10.1 Å². The zero-order chi connectivity index (χ0) is 20.9. The molecule has 0 radical (unpaired) electrons. The lowest BCUT2D eigenvalue weighted by Gasteiger charge is -2.12. The largest absolute Gasteiger partial charge is 0.454 e. The van der Waals surface area contributed by atoms with Gasteiger partial charge < -0.3 is 14.0 Å². The second-order valence-electron chi connectivity index (χ2n) is 7.69. The number of hydrogen-bond acceptors (Lipinski definition) is 8. The molecule has 0 N–H and O–H groups in total. The fourth-order valence-electron chi connectivity index (χ4n) is 3.67. The van der Waals surface area contributed by atoms with Crippen LogP contribution in [0.2, 0.25) is 0 Å². The Morgan fingerprint density at radius 3 is 2.77 bits per heavy atom. The molecule has 0 spiro atoms. The number of rotatable bonds is 5. The maximum atomic E-state index is 13.2. The van der Waals surface area contributed by atoms with Crippen LogP contribution in [-0.4, -0.2) is 26.5 Å². The van der Waals surface area contributed by atoms with Crippen molar-refractivity contribution in [2.75, 3.05) is 6.79 Å². The Labute approximate surface area is 181 Å². The zero-order valence-electron chi connectivity index (χ0n) is 16.7. The van der Waals surface area contributed by atoms with Gasteiger partial charge in [-0.05, 0) is 31.9 Å². The molecule has 1 saturated carbocycles. The van der Waals surface area contributed by atoms with E-state index < -0.39 is 0 Å². The molecule has 2 aromatic carbocycles. The Hall–Kier alpha value is -3.33. The maximum Gasteiger partial charge on any atom is 0.262 e. The van der Waals surface area contributed by atoms with Crippen molar-refractivity contribution in [2.24, 2.45) is 0 Å². The summed E-state index contributed by atoms with van der Waals surface area (Å²) in [5.74, 6) is 2.67. The fraction of sp³-hybridized carbons (Fsp3) is 0.273. The summed E-state index contributed by atoms with van der Waals surface area (Å²) < 4.78 is 18.1. The number of thioether (sulfide) groups is 1.